The van der Waals surface area contributed by atoms with Crippen molar-refractivity contribution in [3.63, 3.8) is 0 Å². The molecule has 0 aliphatic carbocycles. The molecule has 0 spiro atoms. The molecule has 2 unspecified atom stereocenters. The lowest BCUT2D eigenvalue weighted by Crippen LogP contribution is -2.40. The van der Waals surface area contributed by atoms with Crippen LogP contribution in [0.25, 0.3) is 0 Å². The van der Waals surface area contributed by atoms with Gasteiger partial charge in [-0.05, 0) is 31.7 Å². The Morgan fingerprint density at radius 3 is 2.89 bits per heavy atom. The highest BCUT2D eigenvalue weighted by Gasteiger charge is 2.33. The molecule has 1 aromatic heterocycles. The minimum Gasteiger partial charge on any atom is -0.333 e. The van der Waals surface area contributed by atoms with E-state index < -0.39 is 0 Å². The van der Waals surface area contributed by atoms with Gasteiger partial charge in [0, 0.05) is 25.3 Å². The second-order valence-corrected chi connectivity index (χ2v) is 5.95. The molecule has 0 aromatic carbocycles. The fourth-order valence-electron chi connectivity index (χ4n) is 3.38. The minimum absolute atomic E-state index is 0.323. The standard InChI is InChI=1S/C15H28N4/c1-4-7-18-11-17-10-15(18)14(9-16)19-8-5-6-13(19)12(2)3/h10-14H,4-9,16H2,1-3H3. The number of imidazole rings is 1. The zero-order valence-corrected chi connectivity index (χ0v) is 12.5. The van der Waals surface area contributed by atoms with E-state index in [0.717, 1.165) is 13.0 Å². The summed E-state index contributed by atoms with van der Waals surface area (Å²) in [5.41, 5.74) is 7.38. The largest absolute Gasteiger partial charge is 0.333 e. The maximum Gasteiger partial charge on any atom is 0.0948 e. The van der Waals surface area contributed by atoms with Crippen molar-refractivity contribution in [2.75, 3.05) is 13.1 Å². The third-order valence-electron chi connectivity index (χ3n) is 4.29. The van der Waals surface area contributed by atoms with E-state index >= 15 is 0 Å². The van der Waals surface area contributed by atoms with Crippen LogP contribution in [-0.4, -0.2) is 33.6 Å². The van der Waals surface area contributed by atoms with Crippen LogP contribution < -0.4 is 5.73 Å². The highest BCUT2D eigenvalue weighted by atomic mass is 15.2. The molecule has 2 N–H and O–H groups in total. The van der Waals surface area contributed by atoms with Gasteiger partial charge in [0.05, 0.1) is 18.1 Å². The average Bonchev–Trinajstić information content (AvgIpc) is 3.01. The molecule has 2 heterocycles. The van der Waals surface area contributed by atoms with Crippen molar-refractivity contribution >= 4 is 0 Å². The Balaban J connectivity index is 2.21. The monoisotopic (exact) mass is 264 g/mol. The maximum absolute atomic E-state index is 6.09. The summed E-state index contributed by atoms with van der Waals surface area (Å²) in [6.45, 7) is 9.72. The molecule has 1 aliphatic rings. The molecule has 1 fully saturated rings. The van der Waals surface area contributed by atoms with Crippen LogP contribution in [-0.2, 0) is 6.54 Å². The number of aryl methyl sites for hydroxylation is 1. The molecule has 4 nitrogen and oxygen atoms in total. The molecule has 2 atom stereocenters. The van der Waals surface area contributed by atoms with E-state index in [1.807, 2.05) is 12.5 Å². The molecule has 1 aliphatic heterocycles. The van der Waals surface area contributed by atoms with Crippen LogP contribution in [0.4, 0.5) is 0 Å². The number of likely N-dealkylation sites (tertiary alicyclic amines) is 1. The zero-order valence-electron chi connectivity index (χ0n) is 12.5. The van der Waals surface area contributed by atoms with Crippen molar-refractivity contribution in [3.8, 4) is 0 Å². The van der Waals surface area contributed by atoms with Gasteiger partial charge in [-0.1, -0.05) is 20.8 Å². The minimum atomic E-state index is 0.323. The second-order valence-electron chi connectivity index (χ2n) is 5.95. The van der Waals surface area contributed by atoms with E-state index in [0.29, 0.717) is 24.5 Å². The summed E-state index contributed by atoms with van der Waals surface area (Å²) in [5.74, 6) is 0.694. The average molecular weight is 264 g/mol. The van der Waals surface area contributed by atoms with Gasteiger partial charge in [0.2, 0.25) is 0 Å². The first-order chi connectivity index (χ1) is 9.19. The molecule has 1 saturated heterocycles. The molecule has 108 valence electrons. The number of hydrogen-bond donors (Lipinski definition) is 1. The summed E-state index contributed by atoms with van der Waals surface area (Å²) in [5, 5.41) is 0. The Kier molecular flexibility index (Phi) is 4.99. The molecule has 0 amide bonds. The van der Waals surface area contributed by atoms with Crippen molar-refractivity contribution in [1.29, 1.82) is 0 Å². The normalized spacial score (nSPS) is 22.3. The molecule has 4 heteroatoms. The lowest BCUT2D eigenvalue weighted by molar-refractivity contribution is 0.144. The second kappa shape index (κ2) is 6.53. The van der Waals surface area contributed by atoms with Gasteiger partial charge in [-0.25, -0.2) is 4.98 Å². The number of rotatable bonds is 6. The summed E-state index contributed by atoms with van der Waals surface area (Å²) >= 11 is 0. The summed E-state index contributed by atoms with van der Waals surface area (Å²) in [7, 11) is 0. The van der Waals surface area contributed by atoms with Crippen molar-refractivity contribution < 1.29 is 0 Å². The summed E-state index contributed by atoms with van der Waals surface area (Å²) in [4.78, 5) is 6.94. The predicted molar refractivity (Wildman–Crippen MR) is 78.9 cm³/mol. The lowest BCUT2D eigenvalue weighted by Gasteiger charge is -2.34. The van der Waals surface area contributed by atoms with E-state index in [9.17, 15) is 0 Å². The molecule has 0 radical (unpaired) electrons. The van der Waals surface area contributed by atoms with E-state index in [2.05, 4.69) is 35.2 Å². The number of nitrogens with zero attached hydrogens (tertiary/aromatic N) is 3. The Bertz CT molecular complexity index is 385. The van der Waals surface area contributed by atoms with Crippen LogP contribution >= 0.6 is 0 Å². The van der Waals surface area contributed by atoms with Gasteiger partial charge in [-0.3, -0.25) is 4.90 Å². The van der Waals surface area contributed by atoms with Crippen LogP contribution in [0.5, 0.6) is 0 Å². The maximum atomic E-state index is 6.09. The fraction of sp³-hybridized carbons (Fsp3) is 0.800. The SMILES string of the molecule is CCCn1cncc1C(CN)N1CCCC1C(C)C. The van der Waals surface area contributed by atoms with Crippen molar-refractivity contribution in [1.82, 2.24) is 14.5 Å². The number of aromatic nitrogens is 2. The Hall–Kier alpha value is -0.870. The molecule has 1 aromatic rings. The van der Waals surface area contributed by atoms with Gasteiger partial charge in [0.1, 0.15) is 0 Å². The quantitative estimate of drug-likeness (QED) is 0.858. The Morgan fingerprint density at radius 1 is 1.47 bits per heavy atom. The first-order valence-electron chi connectivity index (χ1n) is 7.64. The number of hydrogen-bond acceptors (Lipinski definition) is 3. The Morgan fingerprint density at radius 2 is 2.26 bits per heavy atom. The zero-order chi connectivity index (χ0) is 13.8. The van der Waals surface area contributed by atoms with Gasteiger partial charge in [-0.2, -0.15) is 0 Å². The van der Waals surface area contributed by atoms with E-state index in [-0.39, 0.29) is 0 Å². The number of nitrogens with two attached hydrogens (primary N) is 1. The van der Waals surface area contributed by atoms with Crippen LogP contribution in [0, 0.1) is 5.92 Å². The fourth-order valence-corrected chi connectivity index (χ4v) is 3.38. The summed E-state index contributed by atoms with van der Waals surface area (Å²) in [6.07, 6.45) is 7.68. The third kappa shape index (κ3) is 3.00. The van der Waals surface area contributed by atoms with Gasteiger partial charge >= 0.3 is 0 Å². The van der Waals surface area contributed by atoms with Gasteiger partial charge in [0.25, 0.3) is 0 Å². The molecule has 19 heavy (non-hydrogen) atoms. The summed E-state index contributed by atoms with van der Waals surface area (Å²) in [6, 6.07) is 0.988. The topological polar surface area (TPSA) is 47.1 Å². The van der Waals surface area contributed by atoms with Crippen LogP contribution in [0.2, 0.25) is 0 Å². The van der Waals surface area contributed by atoms with E-state index in [4.69, 9.17) is 5.73 Å². The van der Waals surface area contributed by atoms with Gasteiger partial charge in [-0.15, -0.1) is 0 Å². The first kappa shape index (κ1) is 14.5. The molecule has 2 rings (SSSR count). The molecule has 0 saturated carbocycles. The Labute approximate surface area is 117 Å². The lowest BCUT2D eigenvalue weighted by atomic mass is 10.00. The summed E-state index contributed by atoms with van der Waals surface area (Å²) < 4.78 is 2.27. The van der Waals surface area contributed by atoms with Crippen LogP contribution in [0.15, 0.2) is 12.5 Å². The highest BCUT2D eigenvalue weighted by Crippen LogP contribution is 2.32. The van der Waals surface area contributed by atoms with Crippen molar-refractivity contribution in [2.24, 2.45) is 11.7 Å². The molecule has 0 bridgehead atoms. The van der Waals surface area contributed by atoms with Gasteiger partial charge in [0.15, 0.2) is 0 Å². The highest BCUT2D eigenvalue weighted by molar-refractivity contribution is 5.08. The van der Waals surface area contributed by atoms with E-state index in [1.54, 1.807) is 0 Å². The molecular weight excluding hydrogens is 236 g/mol. The smallest absolute Gasteiger partial charge is 0.0948 e. The van der Waals surface area contributed by atoms with Crippen molar-refractivity contribution in [3.05, 3.63) is 18.2 Å². The molecular formula is C15H28N4. The predicted octanol–water partition coefficient (Wildman–Crippen LogP) is 2.41. The van der Waals surface area contributed by atoms with E-state index in [1.165, 1.54) is 25.1 Å². The third-order valence-corrected chi connectivity index (χ3v) is 4.29. The first-order valence-corrected chi connectivity index (χ1v) is 7.64. The van der Waals surface area contributed by atoms with Crippen LogP contribution in [0.3, 0.4) is 0 Å². The van der Waals surface area contributed by atoms with Crippen molar-refractivity contribution in [2.45, 2.75) is 58.7 Å². The van der Waals surface area contributed by atoms with Gasteiger partial charge < -0.3 is 10.3 Å². The van der Waals surface area contributed by atoms with Crippen LogP contribution in [0.1, 0.15) is 51.8 Å².